The Morgan fingerprint density at radius 2 is 1.17 bits per heavy atom. The van der Waals surface area contributed by atoms with E-state index in [4.69, 9.17) is 33.2 Å². The normalized spacial score (nSPS) is 10.8. The minimum absolute atomic E-state index is 0.185. The van der Waals surface area contributed by atoms with E-state index in [1.165, 1.54) is 0 Å². The standard InChI is InChI=1S/C31H46N2O9/c1-2-3-13-32-29-11-9-28(10-12-29)30(34)41-25-24-40-23-22-39-21-20-38-19-18-37-17-16-36-15-14-33-31(35)42-26-27-7-5-4-6-8-27/h4-12,32H,2-3,13-26H2,1H3,(H,33,35). The van der Waals surface area contributed by atoms with Crippen LogP contribution in [0, 0.1) is 0 Å². The summed E-state index contributed by atoms with van der Waals surface area (Å²) in [6.07, 6.45) is 1.77. The van der Waals surface area contributed by atoms with Crippen molar-refractivity contribution < 1.29 is 42.7 Å². The molecule has 11 heteroatoms. The SMILES string of the molecule is CCCCNc1ccc(C(=O)OCCOCCOCCOCCOCCOCCNC(=O)OCc2ccccc2)cc1. The smallest absolute Gasteiger partial charge is 0.407 e. The van der Waals surface area contributed by atoms with E-state index in [9.17, 15) is 9.59 Å². The molecule has 0 bridgehead atoms. The summed E-state index contributed by atoms with van der Waals surface area (Å²) in [6.45, 7) is 8.03. The summed E-state index contributed by atoms with van der Waals surface area (Å²) in [5, 5.41) is 5.95. The first-order chi connectivity index (χ1) is 20.7. The highest BCUT2D eigenvalue weighted by Gasteiger charge is 2.07. The molecule has 0 spiro atoms. The van der Waals surface area contributed by atoms with E-state index in [0.29, 0.717) is 78.2 Å². The number of benzene rings is 2. The lowest BCUT2D eigenvalue weighted by Crippen LogP contribution is -2.28. The van der Waals surface area contributed by atoms with Crippen LogP contribution in [0.2, 0.25) is 0 Å². The van der Waals surface area contributed by atoms with Gasteiger partial charge in [0.2, 0.25) is 0 Å². The first-order valence-electron chi connectivity index (χ1n) is 14.5. The molecule has 11 nitrogen and oxygen atoms in total. The zero-order chi connectivity index (χ0) is 29.9. The Morgan fingerprint density at radius 3 is 1.74 bits per heavy atom. The quantitative estimate of drug-likeness (QED) is 0.129. The molecule has 42 heavy (non-hydrogen) atoms. The molecule has 0 aliphatic carbocycles. The van der Waals surface area contributed by atoms with E-state index < -0.39 is 6.09 Å². The Kier molecular flexibility index (Phi) is 20.3. The van der Waals surface area contributed by atoms with Crippen LogP contribution < -0.4 is 10.6 Å². The highest BCUT2D eigenvalue weighted by Crippen LogP contribution is 2.11. The third-order valence-electron chi connectivity index (χ3n) is 5.66. The molecule has 0 aromatic heterocycles. The highest BCUT2D eigenvalue weighted by atomic mass is 16.6. The Morgan fingerprint density at radius 1 is 0.619 bits per heavy atom. The number of amides is 1. The molecule has 0 aliphatic heterocycles. The van der Waals surface area contributed by atoms with Gasteiger partial charge in [0.25, 0.3) is 0 Å². The molecule has 234 valence electrons. The van der Waals surface area contributed by atoms with E-state index in [-0.39, 0.29) is 19.2 Å². The first kappa shape index (κ1) is 35.0. The summed E-state index contributed by atoms with van der Waals surface area (Å²) in [5.74, 6) is -0.366. The van der Waals surface area contributed by atoms with Crippen molar-refractivity contribution >= 4 is 17.7 Å². The number of hydrogen-bond donors (Lipinski definition) is 2. The van der Waals surface area contributed by atoms with Gasteiger partial charge >= 0.3 is 12.1 Å². The molecule has 0 radical (unpaired) electrons. The van der Waals surface area contributed by atoms with E-state index in [1.54, 1.807) is 12.1 Å². The van der Waals surface area contributed by atoms with Crippen LogP contribution >= 0.6 is 0 Å². The first-order valence-corrected chi connectivity index (χ1v) is 14.5. The highest BCUT2D eigenvalue weighted by molar-refractivity contribution is 5.89. The van der Waals surface area contributed by atoms with Crippen LogP contribution in [-0.4, -0.2) is 97.8 Å². The van der Waals surface area contributed by atoms with Crippen molar-refractivity contribution in [3.8, 4) is 0 Å². The molecule has 0 aliphatic rings. The molecule has 2 aromatic carbocycles. The van der Waals surface area contributed by atoms with Gasteiger partial charge in [-0.25, -0.2) is 9.59 Å². The topological polar surface area (TPSA) is 123 Å². The molecular formula is C31H46N2O9. The number of anilines is 1. The van der Waals surface area contributed by atoms with E-state index in [1.807, 2.05) is 42.5 Å². The molecule has 2 N–H and O–H groups in total. The second kappa shape index (κ2) is 24.4. The Bertz CT molecular complexity index is 945. The van der Waals surface area contributed by atoms with Crippen molar-refractivity contribution in [1.29, 1.82) is 0 Å². The van der Waals surface area contributed by atoms with Crippen molar-refractivity contribution in [3.05, 3.63) is 65.7 Å². The van der Waals surface area contributed by atoms with E-state index in [2.05, 4.69) is 17.6 Å². The second-order valence-corrected chi connectivity index (χ2v) is 9.04. The van der Waals surface area contributed by atoms with Gasteiger partial charge in [0.05, 0.1) is 71.6 Å². The average Bonchev–Trinajstić information content (AvgIpc) is 3.02. The largest absolute Gasteiger partial charge is 0.460 e. The zero-order valence-electron chi connectivity index (χ0n) is 24.7. The fourth-order valence-electron chi connectivity index (χ4n) is 3.39. The van der Waals surface area contributed by atoms with Crippen LogP contribution in [0.1, 0.15) is 35.7 Å². The Hall–Kier alpha value is -3.22. The molecule has 0 saturated heterocycles. The summed E-state index contributed by atoms with van der Waals surface area (Å²) in [7, 11) is 0. The lowest BCUT2D eigenvalue weighted by Gasteiger charge is -2.09. The van der Waals surface area contributed by atoms with Crippen LogP contribution in [0.5, 0.6) is 0 Å². The van der Waals surface area contributed by atoms with Crippen LogP contribution in [0.25, 0.3) is 0 Å². The number of alkyl carbamates (subject to hydrolysis) is 1. The zero-order valence-corrected chi connectivity index (χ0v) is 24.7. The number of unbranched alkanes of at least 4 members (excludes halogenated alkanes) is 1. The maximum Gasteiger partial charge on any atom is 0.407 e. The summed E-state index contributed by atoms with van der Waals surface area (Å²) in [4.78, 5) is 23.7. The number of hydrogen-bond acceptors (Lipinski definition) is 10. The molecular weight excluding hydrogens is 544 g/mol. The number of nitrogens with one attached hydrogen (secondary N) is 2. The van der Waals surface area contributed by atoms with Gasteiger partial charge in [-0.3, -0.25) is 0 Å². The number of rotatable bonds is 25. The maximum absolute atomic E-state index is 12.1. The number of esters is 1. The van der Waals surface area contributed by atoms with Gasteiger partial charge in [-0.2, -0.15) is 0 Å². The number of carbonyl (C=O) groups excluding carboxylic acids is 2. The number of carbonyl (C=O) groups is 2. The Labute approximate surface area is 249 Å². The average molecular weight is 591 g/mol. The third kappa shape index (κ3) is 18.3. The van der Waals surface area contributed by atoms with Crippen LogP contribution in [0.3, 0.4) is 0 Å². The second-order valence-electron chi connectivity index (χ2n) is 9.04. The summed E-state index contributed by atoms with van der Waals surface area (Å²) in [5.41, 5.74) is 2.44. The van der Waals surface area contributed by atoms with Gasteiger partial charge < -0.3 is 43.8 Å². The van der Waals surface area contributed by atoms with Crippen molar-refractivity contribution in [2.45, 2.75) is 26.4 Å². The molecule has 0 fully saturated rings. The molecule has 0 heterocycles. The predicted octanol–water partition coefficient (Wildman–Crippen LogP) is 4.06. The van der Waals surface area contributed by atoms with Crippen LogP contribution in [0.15, 0.2) is 54.6 Å². The van der Waals surface area contributed by atoms with Crippen LogP contribution in [0.4, 0.5) is 10.5 Å². The lowest BCUT2D eigenvalue weighted by atomic mass is 10.2. The van der Waals surface area contributed by atoms with Crippen molar-refractivity contribution in [2.24, 2.45) is 0 Å². The summed E-state index contributed by atoms with van der Waals surface area (Å²) in [6, 6.07) is 16.8. The van der Waals surface area contributed by atoms with Gasteiger partial charge in [0.15, 0.2) is 0 Å². The Balaban J connectivity index is 1.27. The van der Waals surface area contributed by atoms with Gasteiger partial charge in [0.1, 0.15) is 13.2 Å². The van der Waals surface area contributed by atoms with Gasteiger partial charge in [0, 0.05) is 18.8 Å². The van der Waals surface area contributed by atoms with Gasteiger partial charge in [-0.05, 0) is 36.2 Å². The molecule has 1 amide bonds. The lowest BCUT2D eigenvalue weighted by molar-refractivity contribution is -0.0150. The van der Waals surface area contributed by atoms with Crippen molar-refractivity contribution in [2.75, 3.05) is 91.1 Å². The van der Waals surface area contributed by atoms with Crippen LogP contribution in [-0.2, 0) is 39.8 Å². The van der Waals surface area contributed by atoms with Crippen molar-refractivity contribution in [3.63, 3.8) is 0 Å². The fraction of sp³-hybridized carbons (Fsp3) is 0.548. The third-order valence-corrected chi connectivity index (χ3v) is 5.66. The van der Waals surface area contributed by atoms with Gasteiger partial charge in [-0.15, -0.1) is 0 Å². The molecule has 0 saturated carbocycles. The van der Waals surface area contributed by atoms with E-state index in [0.717, 1.165) is 30.6 Å². The minimum atomic E-state index is -0.473. The monoisotopic (exact) mass is 590 g/mol. The van der Waals surface area contributed by atoms with E-state index >= 15 is 0 Å². The van der Waals surface area contributed by atoms with Gasteiger partial charge in [-0.1, -0.05) is 43.7 Å². The predicted molar refractivity (Wildman–Crippen MR) is 159 cm³/mol. The fourth-order valence-corrected chi connectivity index (χ4v) is 3.39. The number of ether oxygens (including phenoxy) is 7. The summed E-state index contributed by atoms with van der Waals surface area (Å²) < 4.78 is 37.5. The molecule has 0 atom stereocenters. The van der Waals surface area contributed by atoms with Crippen molar-refractivity contribution in [1.82, 2.24) is 5.32 Å². The minimum Gasteiger partial charge on any atom is -0.460 e. The maximum atomic E-state index is 12.1. The molecule has 2 aromatic rings. The summed E-state index contributed by atoms with van der Waals surface area (Å²) >= 11 is 0. The molecule has 0 unspecified atom stereocenters. The molecule has 2 rings (SSSR count).